The van der Waals surface area contributed by atoms with Gasteiger partial charge in [-0.3, -0.25) is 9.69 Å². The van der Waals surface area contributed by atoms with Gasteiger partial charge in [-0.05, 0) is 18.1 Å². The zero-order valence-electron chi connectivity index (χ0n) is 17.4. The molecule has 0 bridgehead atoms. The number of rotatable bonds is 12. The van der Waals surface area contributed by atoms with Crippen LogP contribution in [0.2, 0.25) is 0 Å². The highest BCUT2D eigenvalue weighted by molar-refractivity contribution is 5.71. The van der Waals surface area contributed by atoms with Crippen molar-refractivity contribution >= 4 is 5.97 Å². The van der Waals surface area contributed by atoms with Crippen LogP contribution in [0.1, 0.15) is 24.5 Å². The lowest BCUT2D eigenvalue weighted by Crippen LogP contribution is -2.45. The molecule has 29 heavy (non-hydrogen) atoms. The summed E-state index contributed by atoms with van der Waals surface area (Å²) in [5.74, 6) is -0.437. The van der Waals surface area contributed by atoms with E-state index in [9.17, 15) is 9.90 Å². The van der Waals surface area contributed by atoms with Crippen LogP contribution in [0.25, 0.3) is 0 Å². The monoisotopic (exact) mass is 401 g/mol. The molecule has 0 saturated heterocycles. The van der Waals surface area contributed by atoms with E-state index in [2.05, 4.69) is 0 Å². The number of methoxy groups -OCH3 is 2. The zero-order chi connectivity index (χ0) is 21.1. The molecule has 0 aliphatic carbocycles. The topological polar surface area (TPSA) is 68.2 Å². The Bertz CT molecular complexity index is 721. The SMILES string of the molecule is CCOC(=O)CC(O)(CN(Cc1ccccc1)CC(OC)OC)c1ccccc1. The number of carbonyl (C=O) groups is 1. The van der Waals surface area contributed by atoms with Gasteiger partial charge in [0.05, 0.1) is 13.0 Å². The highest BCUT2D eigenvalue weighted by Crippen LogP contribution is 2.28. The van der Waals surface area contributed by atoms with E-state index in [1.807, 2.05) is 65.6 Å². The second kappa shape index (κ2) is 11.7. The molecule has 0 heterocycles. The summed E-state index contributed by atoms with van der Waals surface area (Å²) in [6.45, 7) is 3.24. The lowest BCUT2D eigenvalue weighted by Gasteiger charge is -2.35. The van der Waals surface area contributed by atoms with Gasteiger partial charge in [-0.25, -0.2) is 0 Å². The highest BCUT2D eigenvalue weighted by Gasteiger charge is 2.35. The number of aliphatic hydroxyl groups is 1. The van der Waals surface area contributed by atoms with Crippen LogP contribution < -0.4 is 0 Å². The van der Waals surface area contributed by atoms with Crippen molar-refractivity contribution in [1.82, 2.24) is 4.90 Å². The minimum Gasteiger partial charge on any atom is -0.466 e. The molecule has 1 N–H and O–H groups in total. The van der Waals surface area contributed by atoms with Crippen molar-refractivity contribution in [3.8, 4) is 0 Å². The first-order chi connectivity index (χ1) is 14.0. The third kappa shape index (κ3) is 7.25. The van der Waals surface area contributed by atoms with Crippen molar-refractivity contribution in [1.29, 1.82) is 0 Å². The molecule has 2 aromatic rings. The molecule has 2 rings (SSSR count). The number of nitrogens with zero attached hydrogens (tertiary/aromatic N) is 1. The van der Waals surface area contributed by atoms with Crippen molar-refractivity contribution in [2.24, 2.45) is 0 Å². The maximum Gasteiger partial charge on any atom is 0.309 e. The summed E-state index contributed by atoms with van der Waals surface area (Å²) in [7, 11) is 3.16. The third-order valence-electron chi connectivity index (χ3n) is 4.72. The Labute approximate surface area is 173 Å². The summed E-state index contributed by atoms with van der Waals surface area (Å²) in [6.07, 6.45) is -0.595. The fraction of sp³-hybridized carbons (Fsp3) is 0.435. The number of hydrogen-bond donors (Lipinski definition) is 1. The van der Waals surface area contributed by atoms with Gasteiger partial charge in [0.2, 0.25) is 0 Å². The van der Waals surface area contributed by atoms with Crippen LogP contribution in [0.3, 0.4) is 0 Å². The Kier molecular flexibility index (Phi) is 9.28. The van der Waals surface area contributed by atoms with Gasteiger partial charge in [-0.2, -0.15) is 0 Å². The average molecular weight is 402 g/mol. The number of hydrogen-bond acceptors (Lipinski definition) is 6. The Hall–Kier alpha value is -2.25. The van der Waals surface area contributed by atoms with E-state index < -0.39 is 17.9 Å². The molecule has 0 radical (unpaired) electrons. The Morgan fingerprint density at radius 1 is 1.03 bits per heavy atom. The molecule has 1 atom stereocenters. The fourth-order valence-electron chi connectivity index (χ4n) is 3.30. The van der Waals surface area contributed by atoms with Gasteiger partial charge in [-0.1, -0.05) is 60.7 Å². The van der Waals surface area contributed by atoms with Gasteiger partial charge in [0, 0.05) is 33.9 Å². The maximum absolute atomic E-state index is 12.3. The minimum absolute atomic E-state index is 0.138. The molecule has 6 heteroatoms. The van der Waals surface area contributed by atoms with Crippen molar-refractivity contribution in [2.45, 2.75) is 31.8 Å². The largest absolute Gasteiger partial charge is 0.466 e. The summed E-state index contributed by atoms with van der Waals surface area (Å²) in [4.78, 5) is 14.3. The molecule has 0 aromatic heterocycles. The van der Waals surface area contributed by atoms with Gasteiger partial charge in [0.25, 0.3) is 0 Å². The predicted octanol–water partition coefficient (Wildman–Crippen LogP) is 2.95. The Balaban J connectivity index is 2.30. The zero-order valence-corrected chi connectivity index (χ0v) is 17.4. The van der Waals surface area contributed by atoms with E-state index >= 15 is 0 Å². The summed E-state index contributed by atoms with van der Waals surface area (Å²) in [6, 6.07) is 19.2. The molecule has 0 fully saturated rings. The first-order valence-electron chi connectivity index (χ1n) is 9.76. The first-order valence-corrected chi connectivity index (χ1v) is 9.76. The van der Waals surface area contributed by atoms with Crippen LogP contribution in [0, 0.1) is 0 Å². The standard InChI is InChI=1S/C23H31NO5/c1-4-29-21(25)15-23(26,20-13-9-6-10-14-20)18-24(17-22(27-2)28-3)16-19-11-7-5-8-12-19/h5-14,22,26H,4,15-18H2,1-3H3. The second-order valence-electron chi connectivity index (χ2n) is 6.94. The van der Waals surface area contributed by atoms with Crippen molar-refractivity contribution in [3.05, 3.63) is 71.8 Å². The second-order valence-corrected chi connectivity index (χ2v) is 6.94. The molecule has 2 aromatic carbocycles. The van der Waals surface area contributed by atoms with Crippen LogP contribution in [0.5, 0.6) is 0 Å². The molecule has 158 valence electrons. The third-order valence-corrected chi connectivity index (χ3v) is 4.72. The lowest BCUT2D eigenvalue weighted by molar-refractivity contribution is -0.152. The highest BCUT2D eigenvalue weighted by atomic mass is 16.7. The van der Waals surface area contributed by atoms with E-state index in [-0.39, 0.29) is 19.6 Å². The molecule has 0 aliphatic rings. The summed E-state index contributed by atoms with van der Waals surface area (Å²) in [5.41, 5.74) is 0.344. The van der Waals surface area contributed by atoms with Crippen LogP contribution in [-0.2, 0) is 31.2 Å². The van der Waals surface area contributed by atoms with Crippen LogP contribution >= 0.6 is 0 Å². The van der Waals surface area contributed by atoms with Crippen LogP contribution in [0.4, 0.5) is 0 Å². The van der Waals surface area contributed by atoms with Gasteiger partial charge in [0.15, 0.2) is 6.29 Å². The molecular weight excluding hydrogens is 370 g/mol. The number of ether oxygens (including phenoxy) is 3. The minimum atomic E-state index is -1.41. The summed E-state index contributed by atoms with van der Waals surface area (Å²) >= 11 is 0. The first kappa shape index (κ1) is 23.0. The van der Waals surface area contributed by atoms with E-state index in [1.54, 1.807) is 21.1 Å². The van der Waals surface area contributed by atoms with Crippen molar-refractivity contribution < 1.29 is 24.1 Å². The normalized spacial score (nSPS) is 13.4. The molecular formula is C23H31NO5. The van der Waals surface area contributed by atoms with Crippen molar-refractivity contribution in [2.75, 3.05) is 33.9 Å². The van der Waals surface area contributed by atoms with E-state index in [0.717, 1.165) is 5.56 Å². The summed E-state index contributed by atoms with van der Waals surface area (Å²) in [5, 5.41) is 11.6. The van der Waals surface area contributed by atoms with E-state index in [4.69, 9.17) is 14.2 Å². The molecule has 6 nitrogen and oxygen atoms in total. The summed E-state index contributed by atoms with van der Waals surface area (Å²) < 4.78 is 15.9. The Morgan fingerprint density at radius 3 is 2.17 bits per heavy atom. The number of benzene rings is 2. The smallest absolute Gasteiger partial charge is 0.309 e. The van der Waals surface area contributed by atoms with Gasteiger partial charge in [-0.15, -0.1) is 0 Å². The molecule has 0 aliphatic heterocycles. The van der Waals surface area contributed by atoms with E-state index in [1.165, 1.54) is 0 Å². The van der Waals surface area contributed by atoms with Crippen LogP contribution in [-0.4, -0.2) is 56.2 Å². The van der Waals surface area contributed by atoms with Gasteiger partial charge < -0.3 is 19.3 Å². The average Bonchev–Trinajstić information content (AvgIpc) is 2.73. The van der Waals surface area contributed by atoms with Gasteiger partial charge in [0.1, 0.15) is 5.60 Å². The number of esters is 1. The molecule has 0 amide bonds. The quantitative estimate of drug-likeness (QED) is 0.436. The van der Waals surface area contributed by atoms with Crippen LogP contribution in [0.15, 0.2) is 60.7 Å². The maximum atomic E-state index is 12.3. The molecule has 1 unspecified atom stereocenters. The Morgan fingerprint density at radius 2 is 1.62 bits per heavy atom. The van der Waals surface area contributed by atoms with E-state index in [0.29, 0.717) is 18.7 Å². The predicted molar refractivity (Wildman–Crippen MR) is 111 cm³/mol. The molecule has 0 saturated carbocycles. The van der Waals surface area contributed by atoms with Crippen molar-refractivity contribution in [3.63, 3.8) is 0 Å². The van der Waals surface area contributed by atoms with Gasteiger partial charge >= 0.3 is 5.97 Å². The number of carbonyl (C=O) groups excluding carboxylic acids is 1. The molecule has 0 spiro atoms. The lowest BCUT2D eigenvalue weighted by atomic mass is 9.89. The fourth-order valence-corrected chi connectivity index (χ4v) is 3.30.